The SMILES string of the molecule is Cc1ccc(C#CCO)cc1C(=O)N1CCCC(CO)C1. The minimum absolute atomic E-state index is 0.00158. The Labute approximate surface area is 125 Å². The van der Waals surface area contributed by atoms with Crippen LogP contribution in [0.4, 0.5) is 0 Å². The summed E-state index contributed by atoms with van der Waals surface area (Å²) >= 11 is 0. The molecule has 0 saturated carbocycles. The van der Waals surface area contributed by atoms with Gasteiger partial charge in [0, 0.05) is 30.8 Å². The van der Waals surface area contributed by atoms with Crippen LogP contribution in [-0.2, 0) is 0 Å². The molecule has 21 heavy (non-hydrogen) atoms. The largest absolute Gasteiger partial charge is 0.396 e. The number of likely N-dealkylation sites (tertiary alicyclic amines) is 1. The van der Waals surface area contributed by atoms with Gasteiger partial charge in [-0.25, -0.2) is 0 Å². The molecule has 0 bridgehead atoms. The van der Waals surface area contributed by atoms with Crippen molar-refractivity contribution in [3.8, 4) is 11.8 Å². The molecule has 1 saturated heterocycles. The van der Waals surface area contributed by atoms with Gasteiger partial charge in [0.05, 0.1) is 0 Å². The van der Waals surface area contributed by atoms with E-state index >= 15 is 0 Å². The Morgan fingerprint density at radius 2 is 2.24 bits per heavy atom. The van der Waals surface area contributed by atoms with Crippen LogP contribution in [0.15, 0.2) is 18.2 Å². The number of aliphatic hydroxyl groups is 2. The molecule has 0 aromatic heterocycles. The number of aryl methyl sites for hydroxylation is 1. The fourth-order valence-corrected chi connectivity index (χ4v) is 2.64. The standard InChI is InChI=1S/C17H21NO3/c1-13-6-7-14(5-3-9-19)10-16(13)17(21)18-8-2-4-15(11-18)12-20/h6-7,10,15,19-20H,2,4,8-9,11-12H2,1H3. The van der Waals surface area contributed by atoms with E-state index in [4.69, 9.17) is 5.11 Å². The molecule has 0 aliphatic carbocycles. The van der Waals surface area contributed by atoms with Crippen LogP contribution < -0.4 is 0 Å². The summed E-state index contributed by atoms with van der Waals surface area (Å²) in [5.41, 5.74) is 2.30. The normalized spacial score (nSPS) is 18.0. The Bertz CT molecular complexity index is 571. The molecule has 112 valence electrons. The predicted octanol–water partition coefficient (Wildman–Crippen LogP) is 1.18. The van der Waals surface area contributed by atoms with Crippen molar-refractivity contribution in [2.75, 3.05) is 26.3 Å². The summed E-state index contributed by atoms with van der Waals surface area (Å²) in [7, 11) is 0. The van der Waals surface area contributed by atoms with Crippen molar-refractivity contribution in [3.05, 3.63) is 34.9 Å². The summed E-state index contributed by atoms with van der Waals surface area (Å²) in [5, 5.41) is 18.0. The van der Waals surface area contributed by atoms with Gasteiger partial charge in [-0.15, -0.1) is 0 Å². The number of aliphatic hydroxyl groups excluding tert-OH is 2. The van der Waals surface area contributed by atoms with Crippen molar-refractivity contribution in [2.45, 2.75) is 19.8 Å². The zero-order chi connectivity index (χ0) is 15.2. The number of benzene rings is 1. The second-order valence-corrected chi connectivity index (χ2v) is 5.43. The molecule has 0 spiro atoms. The van der Waals surface area contributed by atoms with E-state index in [1.165, 1.54) is 0 Å². The van der Waals surface area contributed by atoms with Gasteiger partial charge in [0.2, 0.25) is 0 Å². The number of nitrogens with zero attached hydrogens (tertiary/aromatic N) is 1. The van der Waals surface area contributed by atoms with Crippen LogP contribution in [0.2, 0.25) is 0 Å². The third kappa shape index (κ3) is 3.84. The highest BCUT2D eigenvalue weighted by molar-refractivity contribution is 5.96. The monoisotopic (exact) mass is 287 g/mol. The van der Waals surface area contributed by atoms with E-state index < -0.39 is 0 Å². The molecular weight excluding hydrogens is 266 g/mol. The Kier molecular flexibility index (Phi) is 5.38. The maximum Gasteiger partial charge on any atom is 0.254 e. The van der Waals surface area contributed by atoms with Gasteiger partial charge >= 0.3 is 0 Å². The van der Waals surface area contributed by atoms with Crippen molar-refractivity contribution in [1.82, 2.24) is 4.90 Å². The van der Waals surface area contributed by atoms with Crippen LogP contribution in [-0.4, -0.2) is 47.3 Å². The molecule has 0 radical (unpaired) electrons. The molecule has 4 heteroatoms. The Morgan fingerprint density at radius 3 is 2.95 bits per heavy atom. The number of amides is 1. The smallest absolute Gasteiger partial charge is 0.254 e. The zero-order valence-corrected chi connectivity index (χ0v) is 12.3. The zero-order valence-electron chi connectivity index (χ0n) is 12.3. The highest BCUT2D eigenvalue weighted by Gasteiger charge is 2.24. The second kappa shape index (κ2) is 7.26. The minimum atomic E-state index is -0.193. The number of piperidine rings is 1. The Morgan fingerprint density at radius 1 is 1.43 bits per heavy atom. The van der Waals surface area contributed by atoms with E-state index in [1.807, 2.05) is 24.0 Å². The first-order valence-electron chi connectivity index (χ1n) is 7.26. The summed E-state index contributed by atoms with van der Waals surface area (Å²) in [6.45, 7) is 3.19. The van der Waals surface area contributed by atoms with Gasteiger partial charge in [-0.3, -0.25) is 4.79 Å². The third-order valence-corrected chi connectivity index (χ3v) is 3.84. The molecule has 2 N–H and O–H groups in total. The highest BCUT2D eigenvalue weighted by atomic mass is 16.3. The molecule has 1 aliphatic rings. The maximum absolute atomic E-state index is 12.7. The number of carbonyl (C=O) groups is 1. The first kappa shape index (κ1) is 15.6. The number of carbonyl (C=O) groups excluding carboxylic acids is 1. The fourth-order valence-electron chi connectivity index (χ4n) is 2.64. The second-order valence-electron chi connectivity index (χ2n) is 5.43. The van der Waals surface area contributed by atoms with E-state index in [-0.39, 0.29) is 25.0 Å². The summed E-state index contributed by atoms with van der Waals surface area (Å²) in [6, 6.07) is 5.51. The average molecular weight is 287 g/mol. The third-order valence-electron chi connectivity index (χ3n) is 3.84. The molecule has 1 heterocycles. The van der Waals surface area contributed by atoms with Crippen LogP contribution in [0.3, 0.4) is 0 Å². The van der Waals surface area contributed by atoms with Crippen molar-refractivity contribution in [1.29, 1.82) is 0 Å². The van der Waals surface area contributed by atoms with Crippen molar-refractivity contribution >= 4 is 5.91 Å². The van der Waals surface area contributed by atoms with Gasteiger partial charge in [0.1, 0.15) is 6.61 Å². The van der Waals surface area contributed by atoms with E-state index in [9.17, 15) is 9.90 Å². The van der Waals surface area contributed by atoms with Gasteiger partial charge in [0.25, 0.3) is 5.91 Å². The predicted molar refractivity (Wildman–Crippen MR) is 80.9 cm³/mol. The molecule has 1 unspecified atom stereocenters. The minimum Gasteiger partial charge on any atom is -0.396 e. The van der Waals surface area contributed by atoms with Crippen molar-refractivity contribution < 1.29 is 15.0 Å². The quantitative estimate of drug-likeness (QED) is 0.803. The Hall–Kier alpha value is -1.83. The van der Waals surface area contributed by atoms with Crippen molar-refractivity contribution in [3.63, 3.8) is 0 Å². The van der Waals surface area contributed by atoms with Gasteiger partial charge in [0.15, 0.2) is 0 Å². The molecular formula is C17H21NO3. The molecule has 4 nitrogen and oxygen atoms in total. The van der Waals surface area contributed by atoms with Gasteiger partial charge in [-0.2, -0.15) is 0 Å². The highest BCUT2D eigenvalue weighted by Crippen LogP contribution is 2.20. The van der Waals surface area contributed by atoms with Gasteiger partial charge < -0.3 is 15.1 Å². The topological polar surface area (TPSA) is 60.8 Å². The molecule has 1 aromatic rings. The number of rotatable bonds is 2. The summed E-state index contributed by atoms with van der Waals surface area (Å²) in [6.07, 6.45) is 1.90. The number of hydrogen-bond donors (Lipinski definition) is 2. The lowest BCUT2D eigenvalue weighted by molar-refractivity contribution is 0.0620. The van der Waals surface area contributed by atoms with Crippen LogP contribution >= 0.6 is 0 Å². The Balaban J connectivity index is 2.21. The lowest BCUT2D eigenvalue weighted by Gasteiger charge is -2.32. The van der Waals surface area contributed by atoms with Crippen LogP contribution in [0.25, 0.3) is 0 Å². The summed E-state index contributed by atoms with van der Waals surface area (Å²) < 4.78 is 0. The lowest BCUT2D eigenvalue weighted by Crippen LogP contribution is -2.41. The molecule has 1 fully saturated rings. The van der Waals surface area contributed by atoms with E-state index in [2.05, 4.69) is 11.8 Å². The lowest BCUT2D eigenvalue weighted by atomic mass is 9.97. The van der Waals surface area contributed by atoms with E-state index in [0.29, 0.717) is 12.1 Å². The van der Waals surface area contributed by atoms with Crippen LogP contribution in [0.1, 0.15) is 34.3 Å². The van der Waals surface area contributed by atoms with Gasteiger partial charge in [-0.05, 0) is 43.4 Å². The molecule has 1 amide bonds. The average Bonchev–Trinajstić information content (AvgIpc) is 2.53. The summed E-state index contributed by atoms with van der Waals surface area (Å²) in [4.78, 5) is 14.5. The molecule has 1 aromatic carbocycles. The summed E-state index contributed by atoms with van der Waals surface area (Å²) in [5.74, 6) is 5.60. The molecule has 1 atom stereocenters. The van der Waals surface area contributed by atoms with Crippen LogP contribution in [0.5, 0.6) is 0 Å². The van der Waals surface area contributed by atoms with Crippen LogP contribution in [0, 0.1) is 24.7 Å². The van der Waals surface area contributed by atoms with Gasteiger partial charge in [-0.1, -0.05) is 17.9 Å². The number of hydrogen-bond acceptors (Lipinski definition) is 3. The first-order chi connectivity index (χ1) is 10.2. The molecule has 2 rings (SSSR count). The first-order valence-corrected chi connectivity index (χ1v) is 7.26. The van der Waals surface area contributed by atoms with Crippen molar-refractivity contribution in [2.24, 2.45) is 5.92 Å². The fraction of sp³-hybridized carbons (Fsp3) is 0.471. The molecule has 1 aliphatic heterocycles. The maximum atomic E-state index is 12.7. The van der Waals surface area contributed by atoms with E-state index in [0.717, 1.165) is 30.5 Å². The van der Waals surface area contributed by atoms with E-state index in [1.54, 1.807) is 6.07 Å².